The summed E-state index contributed by atoms with van der Waals surface area (Å²) in [6.07, 6.45) is 2.19. The quantitative estimate of drug-likeness (QED) is 0.493. The van der Waals surface area contributed by atoms with Crippen molar-refractivity contribution in [2.24, 2.45) is 0 Å². The molecule has 3 amide bonds. The molecule has 0 radical (unpaired) electrons. The van der Waals surface area contributed by atoms with Crippen LogP contribution in [0.1, 0.15) is 37.6 Å². The van der Waals surface area contributed by atoms with E-state index in [9.17, 15) is 9.59 Å². The third-order valence-electron chi connectivity index (χ3n) is 5.76. The molecule has 4 rings (SSSR count). The van der Waals surface area contributed by atoms with Crippen LogP contribution in [0.3, 0.4) is 0 Å². The van der Waals surface area contributed by atoms with Gasteiger partial charge in [0.1, 0.15) is 23.6 Å². The SMILES string of the molecule is CCCCC1(c2ccccc2)NC(=O)N(Cc2nc(-c3ccc(OC)cc3OC)no2)C1=O. The molecule has 1 unspecified atom stereocenters. The van der Waals surface area contributed by atoms with Crippen molar-refractivity contribution in [3.8, 4) is 22.9 Å². The second-order valence-electron chi connectivity index (χ2n) is 7.77. The van der Waals surface area contributed by atoms with Crippen LogP contribution >= 0.6 is 0 Å². The minimum atomic E-state index is -1.10. The van der Waals surface area contributed by atoms with Crippen molar-refractivity contribution in [3.63, 3.8) is 0 Å². The third kappa shape index (κ3) is 4.13. The highest BCUT2D eigenvalue weighted by atomic mass is 16.5. The normalized spacial score (nSPS) is 17.8. The zero-order valence-corrected chi connectivity index (χ0v) is 18.8. The summed E-state index contributed by atoms with van der Waals surface area (Å²) in [6, 6.07) is 14.1. The Morgan fingerprint density at radius 3 is 2.58 bits per heavy atom. The first-order chi connectivity index (χ1) is 16.0. The second kappa shape index (κ2) is 9.32. The standard InChI is InChI=1S/C24H26N4O5/c1-4-5-13-24(16-9-7-6-8-10-16)22(29)28(23(30)26-24)15-20-25-21(27-33-20)18-12-11-17(31-2)14-19(18)32-3/h6-12,14H,4-5,13,15H2,1-3H3,(H,26,30). The molecule has 172 valence electrons. The van der Waals surface area contributed by atoms with Crippen LogP contribution in [0.25, 0.3) is 11.4 Å². The molecule has 33 heavy (non-hydrogen) atoms. The number of unbranched alkanes of at least 4 members (excludes halogenated alkanes) is 1. The molecule has 1 fully saturated rings. The largest absolute Gasteiger partial charge is 0.497 e. The van der Waals surface area contributed by atoms with Gasteiger partial charge in [-0.3, -0.25) is 9.69 Å². The highest BCUT2D eigenvalue weighted by molar-refractivity contribution is 6.07. The summed E-state index contributed by atoms with van der Waals surface area (Å²) in [5.41, 5.74) is 0.261. The maximum absolute atomic E-state index is 13.5. The topological polar surface area (TPSA) is 107 Å². The molecule has 1 aliphatic rings. The lowest BCUT2D eigenvalue weighted by molar-refractivity contribution is -0.132. The minimum absolute atomic E-state index is 0.128. The van der Waals surface area contributed by atoms with Crippen molar-refractivity contribution in [2.45, 2.75) is 38.3 Å². The van der Waals surface area contributed by atoms with Crippen molar-refractivity contribution >= 4 is 11.9 Å². The Hall–Kier alpha value is -3.88. The van der Waals surface area contributed by atoms with Gasteiger partial charge in [-0.1, -0.05) is 55.3 Å². The van der Waals surface area contributed by atoms with Gasteiger partial charge >= 0.3 is 6.03 Å². The van der Waals surface area contributed by atoms with Gasteiger partial charge in [-0.05, 0) is 24.1 Å². The van der Waals surface area contributed by atoms with Crippen molar-refractivity contribution in [3.05, 3.63) is 60.0 Å². The number of nitrogens with zero attached hydrogens (tertiary/aromatic N) is 3. The van der Waals surface area contributed by atoms with E-state index >= 15 is 0 Å². The summed E-state index contributed by atoms with van der Waals surface area (Å²) in [7, 11) is 3.10. The Bertz CT molecular complexity index is 1150. The van der Waals surface area contributed by atoms with Gasteiger partial charge < -0.3 is 19.3 Å². The summed E-state index contributed by atoms with van der Waals surface area (Å²) >= 11 is 0. The lowest BCUT2D eigenvalue weighted by Crippen LogP contribution is -2.44. The molecule has 9 nitrogen and oxygen atoms in total. The Balaban J connectivity index is 1.60. The molecule has 0 spiro atoms. The van der Waals surface area contributed by atoms with Crippen LogP contribution in [0.2, 0.25) is 0 Å². The number of urea groups is 1. The zero-order chi connectivity index (χ0) is 23.4. The van der Waals surface area contributed by atoms with Crippen molar-refractivity contribution in [1.82, 2.24) is 20.4 Å². The Morgan fingerprint density at radius 1 is 1.09 bits per heavy atom. The van der Waals surface area contributed by atoms with Crippen molar-refractivity contribution in [1.29, 1.82) is 0 Å². The fourth-order valence-electron chi connectivity index (χ4n) is 3.99. The fraction of sp³-hybridized carbons (Fsp3) is 0.333. The van der Waals surface area contributed by atoms with E-state index in [1.54, 1.807) is 25.3 Å². The van der Waals surface area contributed by atoms with Gasteiger partial charge in [-0.2, -0.15) is 4.98 Å². The van der Waals surface area contributed by atoms with Gasteiger partial charge in [-0.15, -0.1) is 0 Å². The number of carbonyl (C=O) groups is 2. The molecule has 9 heteroatoms. The van der Waals surface area contributed by atoms with Gasteiger partial charge in [0.05, 0.1) is 19.8 Å². The number of nitrogens with one attached hydrogen (secondary N) is 1. The Kier molecular flexibility index (Phi) is 6.30. The first-order valence-corrected chi connectivity index (χ1v) is 10.8. The highest BCUT2D eigenvalue weighted by Crippen LogP contribution is 2.35. The lowest BCUT2D eigenvalue weighted by atomic mass is 9.85. The number of rotatable bonds is 9. The van der Waals surface area contributed by atoms with E-state index in [2.05, 4.69) is 15.5 Å². The van der Waals surface area contributed by atoms with E-state index in [1.807, 2.05) is 37.3 Å². The summed E-state index contributed by atoms with van der Waals surface area (Å²) in [5.74, 6) is 1.25. The summed E-state index contributed by atoms with van der Waals surface area (Å²) in [4.78, 5) is 31.9. The third-order valence-corrected chi connectivity index (χ3v) is 5.76. The first kappa shape index (κ1) is 22.3. The van der Waals surface area contributed by atoms with Crippen molar-refractivity contribution in [2.75, 3.05) is 14.2 Å². The maximum atomic E-state index is 13.5. The lowest BCUT2D eigenvalue weighted by Gasteiger charge is -2.27. The second-order valence-corrected chi connectivity index (χ2v) is 7.77. The number of carbonyl (C=O) groups excluding carboxylic acids is 2. The van der Waals surface area contributed by atoms with Crippen LogP contribution in [0.4, 0.5) is 4.79 Å². The Morgan fingerprint density at radius 2 is 1.88 bits per heavy atom. The smallest absolute Gasteiger partial charge is 0.325 e. The molecule has 1 aromatic heterocycles. The fourth-order valence-corrected chi connectivity index (χ4v) is 3.99. The summed E-state index contributed by atoms with van der Waals surface area (Å²) in [6.45, 7) is 1.92. The maximum Gasteiger partial charge on any atom is 0.325 e. The number of imide groups is 1. The predicted octanol–water partition coefficient (Wildman–Crippen LogP) is 3.89. The van der Waals surface area contributed by atoms with Gasteiger partial charge in [0.15, 0.2) is 0 Å². The number of ether oxygens (including phenoxy) is 2. The molecule has 0 saturated carbocycles. The van der Waals surface area contributed by atoms with E-state index in [0.29, 0.717) is 23.5 Å². The van der Waals surface area contributed by atoms with Gasteiger partial charge in [0.2, 0.25) is 11.7 Å². The average molecular weight is 450 g/mol. The molecule has 3 aromatic rings. The predicted molar refractivity (Wildman–Crippen MR) is 120 cm³/mol. The number of hydrogen-bond donors (Lipinski definition) is 1. The molecule has 1 saturated heterocycles. The van der Waals surface area contributed by atoms with E-state index < -0.39 is 11.6 Å². The van der Waals surface area contributed by atoms with Gasteiger partial charge in [0, 0.05) is 6.07 Å². The average Bonchev–Trinajstić information content (AvgIpc) is 3.41. The van der Waals surface area contributed by atoms with Crippen LogP contribution in [-0.4, -0.2) is 41.2 Å². The van der Waals surface area contributed by atoms with E-state index in [4.69, 9.17) is 14.0 Å². The zero-order valence-electron chi connectivity index (χ0n) is 18.8. The van der Waals surface area contributed by atoms with E-state index in [1.165, 1.54) is 7.11 Å². The van der Waals surface area contributed by atoms with Gasteiger partial charge in [-0.25, -0.2) is 4.79 Å². The van der Waals surface area contributed by atoms with E-state index in [-0.39, 0.29) is 24.2 Å². The number of hydrogen-bond acceptors (Lipinski definition) is 7. The molecule has 1 atom stereocenters. The molecule has 2 aromatic carbocycles. The molecule has 1 N–H and O–H groups in total. The molecular weight excluding hydrogens is 424 g/mol. The molecule has 0 bridgehead atoms. The summed E-state index contributed by atoms with van der Waals surface area (Å²) < 4.78 is 16.0. The van der Waals surface area contributed by atoms with Crippen molar-refractivity contribution < 1.29 is 23.6 Å². The molecular formula is C24H26N4O5. The first-order valence-electron chi connectivity index (χ1n) is 10.8. The van der Waals surface area contributed by atoms with Crippen LogP contribution in [-0.2, 0) is 16.9 Å². The number of methoxy groups -OCH3 is 2. The number of aromatic nitrogens is 2. The molecule has 1 aliphatic heterocycles. The minimum Gasteiger partial charge on any atom is -0.497 e. The monoisotopic (exact) mass is 450 g/mol. The van der Waals surface area contributed by atoms with Crippen LogP contribution in [0.5, 0.6) is 11.5 Å². The summed E-state index contributed by atoms with van der Waals surface area (Å²) in [5, 5.41) is 6.93. The Labute approximate surface area is 191 Å². The van der Waals surface area contributed by atoms with Crippen LogP contribution in [0, 0.1) is 0 Å². The number of benzene rings is 2. The van der Waals surface area contributed by atoms with Crippen LogP contribution in [0.15, 0.2) is 53.1 Å². The molecule has 2 heterocycles. The van der Waals surface area contributed by atoms with E-state index in [0.717, 1.165) is 23.3 Å². The van der Waals surface area contributed by atoms with Gasteiger partial charge in [0.25, 0.3) is 5.91 Å². The highest BCUT2D eigenvalue weighted by Gasteiger charge is 2.52. The molecule has 0 aliphatic carbocycles. The number of amides is 3. The van der Waals surface area contributed by atoms with Crippen LogP contribution < -0.4 is 14.8 Å².